The van der Waals surface area contributed by atoms with E-state index >= 15 is 0 Å². The van der Waals surface area contributed by atoms with Gasteiger partial charge in [0.1, 0.15) is 5.82 Å². The number of nitrogens with zero attached hydrogens (tertiary/aromatic N) is 1. The first-order chi connectivity index (χ1) is 8.79. The third-order valence-electron chi connectivity index (χ3n) is 3.18. The maximum Gasteiger partial charge on any atom is 0.123 e. The third-order valence-corrected chi connectivity index (χ3v) is 3.18. The lowest BCUT2D eigenvalue weighted by atomic mass is 9.89. The summed E-state index contributed by atoms with van der Waals surface area (Å²) in [5.41, 5.74) is 2.45. The summed E-state index contributed by atoms with van der Waals surface area (Å²) in [5, 5.41) is 0. The zero-order chi connectivity index (χ0) is 12.8. The second-order valence-electron chi connectivity index (χ2n) is 4.60. The molecule has 0 bridgehead atoms. The van der Waals surface area contributed by atoms with Gasteiger partial charge in [0.2, 0.25) is 0 Å². The second-order valence-corrected chi connectivity index (χ2v) is 4.60. The van der Waals surface area contributed by atoms with Crippen LogP contribution in [-0.4, -0.2) is 4.98 Å². The Labute approximate surface area is 108 Å². The third kappa shape index (κ3) is 3.39. The molecule has 1 unspecified atom stereocenters. The van der Waals surface area contributed by atoms with Crippen LogP contribution in [0.5, 0.6) is 0 Å². The van der Waals surface area contributed by atoms with Crippen LogP contribution in [0.3, 0.4) is 0 Å². The predicted molar refractivity (Wildman–Crippen MR) is 72.0 cm³/mol. The molecule has 0 saturated carbocycles. The molecule has 94 valence electrons. The van der Waals surface area contributed by atoms with Crippen LogP contribution in [0, 0.1) is 5.82 Å². The molecule has 2 rings (SSSR count). The molecule has 1 atom stereocenters. The summed E-state index contributed by atoms with van der Waals surface area (Å²) >= 11 is 0. The van der Waals surface area contributed by atoms with Gasteiger partial charge in [-0.3, -0.25) is 4.98 Å². The highest BCUT2D eigenvalue weighted by Gasteiger charge is 2.11. The van der Waals surface area contributed by atoms with Gasteiger partial charge in [0.05, 0.1) is 0 Å². The van der Waals surface area contributed by atoms with Crippen molar-refractivity contribution in [2.75, 3.05) is 0 Å². The van der Waals surface area contributed by atoms with Gasteiger partial charge < -0.3 is 0 Å². The molecule has 0 aliphatic carbocycles. The van der Waals surface area contributed by atoms with E-state index in [1.54, 1.807) is 18.3 Å². The van der Waals surface area contributed by atoms with E-state index in [-0.39, 0.29) is 5.82 Å². The van der Waals surface area contributed by atoms with Crippen molar-refractivity contribution < 1.29 is 4.39 Å². The molecule has 1 aromatic carbocycles. The van der Waals surface area contributed by atoms with E-state index in [0.717, 1.165) is 19.3 Å². The molecular weight excluding hydrogens is 225 g/mol. The number of halogens is 1. The average molecular weight is 243 g/mol. The number of rotatable bonds is 5. The maximum absolute atomic E-state index is 13.0. The Kier molecular flexibility index (Phi) is 4.46. The van der Waals surface area contributed by atoms with Gasteiger partial charge in [-0.1, -0.05) is 31.5 Å². The fourth-order valence-electron chi connectivity index (χ4n) is 2.27. The Balaban J connectivity index is 2.15. The molecule has 0 fully saturated rings. The fraction of sp³-hybridized carbons (Fsp3) is 0.312. The van der Waals surface area contributed by atoms with Gasteiger partial charge in [-0.2, -0.15) is 0 Å². The highest BCUT2D eigenvalue weighted by molar-refractivity contribution is 5.23. The molecule has 2 aromatic rings. The lowest BCUT2D eigenvalue weighted by molar-refractivity contribution is 0.600. The Morgan fingerprint density at radius 3 is 2.56 bits per heavy atom. The number of hydrogen-bond donors (Lipinski definition) is 0. The Morgan fingerprint density at radius 2 is 1.94 bits per heavy atom. The highest BCUT2D eigenvalue weighted by Crippen LogP contribution is 2.25. The van der Waals surface area contributed by atoms with Crippen LogP contribution in [0.1, 0.15) is 36.8 Å². The fourth-order valence-corrected chi connectivity index (χ4v) is 2.27. The van der Waals surface area contributed by atoms with Crippen molar-refractivity contribution in [1.82, 2.24) is 4.98 Å². The minimum absolute atomic E-state index is 0.171. The molecule has 0 spiro atoms. The molecule has 0 radical (unpaired) electrons. The van der Waals surface area contributed by atoms with Gasteiger partial charge in [0.15, 0.2) is 0 Å². The van der Waals surface area contributed by atoms with Crippen LogP contribution in [-0.2, 0) is 6.42 Å². The zero-order valence-electron chi connectivity index (χ0n) is 10.6. The van der Waals surface area contributed by atoms with Gasteiger partial charge >= 0.3 is 0 Å². The summed E-state index contributed by atoms with van der Waals surface area (Å²) in [7, 11) is 0. The molecule has 1 heterocycles. The van der Waals surface area contributed by atoms with Crippen LogP contribution < -0.4 is 0 Å². The van der Waals surface area contributed by atoms with Crippen molar-refractivity contribution in [2.24, 2.45) is 0 Å². The maximum atomic E-state index is 13.0. The smallest absolute Gasteiger partial charge is 0.123 e. The molecule has 0 saturated heterocycles. The van der Waals surface area contributed by atoms with Crippen molar-refractivity contribution in [3.8, 4) is 0 Å². The number of benzene rings is 1. The second kappa shape index (κ2) is 6.29. The molecule has 0 amide bonds. The number of pyridine rings is 1. The lowest BCUT2D eigenvalue weighted by Crippen LogP contribution is -2.03. The van der Waals surface area contributed by atoms with Crippen LogP contribution in [0.2, 0.25) is 0 Å². The van der Waals surface area contributed by atoms with Gasteiger partial charge in [-0.05, 0) is 48.1 Å². The quantitative estimate of drug-likeness (QED) is 0.761. The van der Waals surface area contributed by atoms with E-state index in [9.17, 15) is 4.39 Å². The summed E-state index contributed by atoms with van der Waals surface area (Å²) < 4.78 is 13.0. The van der Waals surface area contributed by atoms with E-state index in [0.29, 0.717) is 5.92 Å². The molecule has 0 N–H and O–H groups in total. The van der Waals surface area contributed by atoms with E-state index in [1.165, 1.54) is 11.1 Å². The van der Waals surface area contributed by atoms with Crippen LogP contribution >= 0.6 is 0 Å². The van der Waals surface area contributed by atoms with Crippen molar-refractivity contribution >= 4 is 0 Å². The van der Waals surface area contributed by atoms with Crippen LogP contribution in [0.4, 0.5) is 4.39 Å². The van der Waals surface area contributed by atoms with Gasteiger partial charge in [0.25, 0.3) is 0 Å². The zero-order valence-corrected chi connectivity index (χ0v) is 10.6. The molecule has 0 aliphatic rings. The normalized spacial score (nSPS) is 12.3. The van der Waals surface area contributed by atoms with Gasteiger partial charge in [-0.25, -0.2) is 4.39 Å². The van der Waals surface area contributed by atoms with Crippen molar-refractivity contribution in [2.45, 2.75) is 32.1 Å². The van der Waals surface area contributed by atoms with E-state index in [1.807, 2.05) is 24.4 Å². The molecule has 18 heavy (non-hydrogen) atoms. The van der Waals surface area contributed by atoms with Gasteiger partial charge in [-0.15, -0.1) is 0 Å². The van der Waals surface area contributed by atoms with Crippen molar-refractivity contribution in [1.29, 1.82) is 0 Å². The standard InChI is InChI=1S/C16H18FN/c1-2-4-15(11-13-5-3-10-18-12-13)14-6-8-16(17)9-7-14/h3,5-10,12,15H,2,4,11H2,1H3. The minimum Gasteiger partial charge on any atom is -0.264 e. The van der Waals surface area contributed by atoms with Crippen LogP contribution in [0.15, 0.2) is 48.8 Å². The summed E-state index contributed by atoms with van der Waals surface area (Å²) in [4.78, 5) is 4.15. The first kappa shape index (κ1) is 12.7. The number of hydrogen-bond acceptors (Lipinski definition) is 1. The number of aromatic nitrogens is 1. The summed E-state index contributed by atoms with van der Waals surface area (Å²) in [6.07, 6.45) is 6.90. The summed E-state index contributed by atoms with van der Waals surface area (Å²) in [5.74, 6) is 0.273. The predicted octanol–water partition coefficient (Wildman–Crippen LogP) is 4.35. The lowest BCUT2D eigenvalue weighted by Gasteiger charge is -2.16. The SMILES string of the molecule is CCCC(Cc1cccnc1)c1ccc(F)cc1. The Hall–Kier alpha value is -1.70. The van der Waals surface area contributed by atoms with E-state index in [4.69, 9.17) is 0 Å². The summed E-state index contributed by atoms with van der Waals surface area (Å²) in [6.45, 7) is 2.18. The van der Waals surface area contributed by atoms with Crippen molar-refractivity contribution in [3.05, 3.63) is 65.7 Å². The average Bonchev–Trinajstić information content (AvgIpc) is 2.40. The minimum atomic E-state index is -0.171. The van der Waals surface area contributed by atoms with Crippen LogP contribution in [0.25, 0.3) is 0 Å². The first-order valence-electron chi connectivity index (χ1n) is 6.44. The molecule has 1 nitrogen and oxygen atoms in total. The largest absolute Gasteiger partial charge is 0.264 e. The Morgan fingerprint density at radius 1 is 1.17 bits per heavy atom. The van der Waals surface area contributed by atoms with Gasteiger partial charge in [0, 0.05) is 12.4 Å². The first-order valence-corrected chi connectivity index (χ1v) is 6.44. The molecule has 0 aliphatic heterocycles. The van der Waals surface area contributed by atoms with Crippen molar-refractivity contribution in [3.63, 3.8) is 0 Å². The highest BCUT2D eigenvalue weighted by atomic mass is 19.1. The molecule has 1 aromatic heterocycles. The summed E-state index contributed by atoms with van der Waals surface area (Å²) in [6, 6.07) is 10.9. The van der Waals surface area contributed by atoms with E-state index in [2.05, 4.69) is 18.0 Å². The Bertz CT molecular complexity index is 464. The monoisotopic (exact) mass is 243 g/mol. The topological polar surface area (TPSA) is 12.9 Å². The molecular formula is C16H18FN. The van der Waals surface area contributed by atoms with E-state index < -0.39 is 0 Å². The molecule has 2 heteroatoms.